The van der Waals surface area contributed by atoms with E-state index < -0.39 is 12.0 Å². The summed E-state index contributed by atoms with van der Waals surface area (Å²) >= 11 is 0. The molecule has 0 aliphatic rings. The lowest BCUT2D eigenvalue weighted by atomic mass is 10.1. The second-order valence-corrected chi connectivity index (χ2v) is 3.84. The van der Waals surface area contributed by atoms with Crippen LogP contribution in [0.1, 0.15) is 25.5 Å². The van der Waals surface area contributed by atoms with Gasteiger partial charge in [0.1, 0.15) is 11.8 Å². The minimum Gasteiger partial charge on any atom is -0.508 e. The molecule has 0 radical (unpaired) electrons. The quantitative estimate of drug-likeness (QED) is 0.761. The van der Waals surface area contributed by atoms with Crippen molar-refractivity contribution < 1.29 is 14.6 Å². The smallest absolute Gasteiger partial charge is 0.327 e. The summed E-state index contributed by atoms with van der Waals surface area (Å²) in [6.07, 6.45) is 0. The molecule has 0 saturated heterocycles. The van der Waals surface area contributed by atoms with Crippen molar-refractivity contribution in [2.24, 2.45) is 0 Å². The van der Waals surface area contributed by atoms with Crippen molar-refractivity contribution in [3.8, 4) is 5.75 Å². The number of carbonyl (C=O) groups is 1. The Balaban J connectivity index is 3.01. The summed E-state index contributed by atoms with van der Waals surface area (Å²) in [6.45, 7) is 3.85. The third-order valence-corrected chi connectivity index (χ3v) is 2.18. The predicted octanol–water partition coefficient (Wildman–Crippen LogP) is 1.60. The lowest BCUT2D eigenvalue weighted by Gasteiger charge is -2.20. The van der Waals surface area contributed by atoms with Crippen LogP contribution in [0.2, 0.25) is 0 Å². The number of esters is 1. The molecule has 4 nitrogen and oxygen atoms in total. The number of para-hydroxylation sites is 1. The van der Waals surface area contributed by atoms with Gasteiger partial charge in [0.05, 0.1) is 7.11 Å². The Morgan fingerprint density at radius 1 is 1.38 bits per heavy atom. The Kier molecular flexibility index (Phi) is 4.31. The maximum absolute atomic E-state index is 11.6. The number of methoxy groups -OCH3 is 1. The lowest BCUT2D eigenvalue weighted by Crippen LogP contribution is -2.34. The second-order valence-electron chi connectivity index (χ2n) is 3.84. The first-order chi connectivity index (χ1) is 7.56. The first-order valence-electron chi connectivity index (χ1n) is 5.18. The Morgan fingerprint density at radius 3 is 2.50 bits per heavy atom. The fraction of sp³-hybridized carbons (Fsp3) is 0.417. The Hall–Kier alpha value is -1.55. The summed E-state index contributed by atoms with van der Waals surface area (Å²) in [7, 11) is 1.33. The number of ether oxygens (including phenoxy) is 1. The zero-order chi connectivity index (χ0) is 12.1. The lowest BCUT2D eigenvalue weighted by molar-refractivity contribution is -0.143. The normalized spacial score (nSPS) is 12.5. The van der Waals surface area contributed by atoms with E-state index in [0.29, 0.717) is 5.56 Å². The molecule has 0 aliphatic heterocycles. The molecule has 0 saturated carbocycles. The van der Waals surface area contributed by atoms with Gasteiger partial charge in [-0.1, -0.05) is 18.2 Å². The number of aromatic hydroxyl groups is 1. The first-order valence-corrected chi connectivity index (χ1v) is 5.18. The maximum Gasteiger partial charge on any atom is 0.327 e. The molecular weight excluding hydrogens is 206 g/mol. The van der Waals surface area contributed by atoms with Gasteiger partial charge in [0.15, 0.2) is 0 Å². The van der Waals surface area contributed by atoms with Crippen molar-refractivity contribution in [3.05, 3.63) is 29.8 Å². The Bertz CT molecular complexity index is 363. The van der Waals surface area contributed by atoms with E-state index in [2.05, 4.69) is 5.32 Å². The highest BCUT2D eigenvalue weighted by Gasteiger charge is 2.24. The summed E-state index contributed by atoms with van der Waals surface area (Å²) in [5.41, 5.74) is 0.531. The van der Waals surface area contributed by atoms with Crippen LogP contribution in [0.3, 0.4) is 0 Å². The zero-order valence-corrected chi connectivity index (χ0v) is 9.73. The third-order valence-electron chi connectivity index (χ3n) is 2.18. The first kappa shape index (κ1) is 12.5. The van der Waals surface area contributed by atoms with Crippen LogP contribution in [-0.4, -0.2) is 24.2 Å². The van der Waals surface area contributed by atoms with Crippen LogP contribution >= 0.6 is 0 Å². The van der Waals surface area contributed by atoms with Gasteiger partial charge in [-0.15, -0.1) is 0 Å². The largest absolute Gasteiger partial charge is 0.508 e. The Morgan fingerprint density at radius 2 is 2.00 bits per heavy atom. The number of carbonyl (C=O) groups excluding carboxylic acids is 1. The summed E-state index contributed by atoms with van der Waals surface area (Å²) in [5.74, 6) is -0.318. The van der Waals surface area contributed by atoms with Gasteiger partial charge >= 0.3 is 5.97 Å². The average molecular weight is 223 g/mol. The van der Waals surface area contributed by atoms with E-state index in [1.807, 2.05) is 13.8 Å². The van der Waals surface area contributed by atoms with Gasteiger partial charge in [-0.2, -0.15) is 0 Å². The molecule has 88 valence electrons. The van der Waals surface area contributed by atoms with Crippen LogP contribution in [0.5, 0.6) is 5.75 Å². The van der Waals surface area contributed by atoms with Gasteiger partial charge < -0.3 is 9.84 Å². The van der Waals surface area contributed by atoms with E-state index in [1.54, 1.807) is 24.3 Å². The molecule has 4 heteroatoms. The van der Waals surface area contributed by atoms with Crippen LogP contribution in [0, 0.1) is 0 Å². The summed E-state index contributed by atoms with van der Waals surface area (Å²) in [6, 6.07) is 6.21. The molecule has 1 aromatic rings. The van der Waals surface area contributed by atoms with E-state index in [-0.39, 0.29) is 11.8 Å². The molecule has 1 aromatic carbocycles. The molecule has 0 aromatic heterocycles. The number of hydrogen-bond acceptors (Lipinski definition) is 4. The highest BCUT2D eigenvalue weighted by atomic mass is 16.5. The van der Waals surface area contributed by atoms with Crippen LogP contribution in [0.15, 0.2) is 24.3 Å². The van der Waals surface area contributed by atoms with Crippen LogP contribution in [0.4, 0.5) is 0 Å². The van der Waals surface area contributed by atoms with Gasteiger partial charge in [-0.3, -0.25) is 5.32 Å². The van der Waals surface area contributed by atoms with E-state index in [4.69, 9.17) is 4.74 Å². The number of phenolic OH excluding ortho intramolecular Hbond substituents is 1. The molecule has 0 heterocycles. The van der Waals surface area contributed by atoms with Crippen LogP contribution in [0.25, 0.3) is 0 Å². The van der Waals surface area contributed by atoms with E-state index in [0.717, 1.165) is 0 Å². The fourth-order valence-electron chi connectivity index (χ4n) is 1.47. The molecule has 16 heavy (non-hydrogen) atoms. The van der Waals surface area contributed by atoms with E-state index in [1.165, 1.54) is 7.11 Å². The summed E-state index contributed by atoms with van der Waals surface area (Å²) < 4.78 is 4.71. The Labute approximate surface area is 95.2 Å². The standard InChI is InChI=1S/C12H17NO3/c1-8(2)13-11(12(15)16-3)9-6-4-5-7-10(9)14/h4-8,11,13-14H,1-3H3. The van der Waals surface area contributed by atoms with Crippen LogP contribution < -0.4 is 5.32 Å². The second kappa shape index (κ2) is 5.51. The maximum atomic E-state index is 11.6. The molecular formula is C12H17NO3. The molecule has 0 bridgehead atoms. The highest BCUT2D eigenvalue weighted by Crippen LogP contribution is 2.24. The molecule has 0 fully saturated rings. The van der Waals surface area contributed by atoms with Crippen molar-refractivity contribution in [1.82, 2.24) is 5.32 Å². The minimum atomic E-state index is -0.633. The van der Waals surface area contributed by atoms with Crippen molar-refractivity contribution in [3.63, 3.8) is 0 Å². The molecule has 1 unspecified atom stereocenters. The number of rotatable bonds is 4. The summed E-state index contributed by atoms with van der Waals surface area (Å²) in [5, 5.41) is 12.7. The monoisotopic (exact) mass is 223 g/mol. The van der Waals surface area contributed by atoms with Gasteiger partial charge in [-0.25, -0.2) is 4.79 Å². The van der Waals surface area contributed by atoms with Crippen molar-refractivity contribution in [2.45, 2.75) is 25.9 Å². The predicted molar refractivity (Wildman–Crippen MR) is 61.1 cm³/mol. The SMILES string of the molecule is COC(=O)C(NC(C)C)c1ccccc1O. The molecule has 2 N–H and O–H groups in total. The third kappa shape index (κ3) is 2.97. The van der Waals surface area contributed by atoms with E-state index in [9.17, 15) is 9.90 Å². The number of benzene rings is 1. The van der Waals surface area contributed by atoms with Crippen molar-refractivity contribution >= 4 is 5.97 Å². The molecule has 0 spiro atoms. The van der Waals surface area contributed by atoms with E-state index >= 15 is 0 Å². The summed E-state index contributed by atoms with van der Waals surface area (Å²) in [4.78, 5) is 11.6. The zero-order valence-electron chi connectivity index (χ0n) is 9.73. The number of hydrogen-bond donors (Lipinski definition) is 2. The van der Waals surface area contributed by atoms with Crippen molar-refractivity contribution in [2.75, 3.05) is 7.11 Å². The minimum absolute atomic E-state index is 0.0889. The number of nitrogens with one attached hydrogen (secondary N) is 1. The fourth-order valence-corrected chi connectivity index (χ4v) is 1.47. The van der Waals surface area contributed by atoms with Gasteiger partial charge in [0.2, 0.25) is 0 Å². The highest BCUT2D eigenvalue weighted by molar-refractivity contribution is 5.78. The molecule has 0 amide bonds. The van der Waals surface area contributed by atoms with Crippen molar-refractivity contribution in [1.29, 1.82) is 0 Å². The van der Waals surface area contributed by atoms with Gasteiger partial charge in [0, 0.05) is 11.6 Å². The molecule has 1 atom stereocenters. The molecule has 0 aliphatic carbocycles. The topological polar surface area (TPSA) is 58.6 Å². The number of phenols is 1. The van der Waals surface area contributed by atoms with Crippen LogP contribution in [-0.2, 0) is 9.53 Å². The average Bonchev–Trinajstić information content (AvgIpc) is 2.26. The van der Waals surface area contributed by atoms with Gasteiger partial charge in [0.25, 0.3) is 0 Å². The molecule has 1 rings (SSSR count). The van der Waals surface area contributed by atoms with Gasteiger partial charge in [-0.05, 0) is 19.9 Å².